The molecular formula is C33H31BrN4O2. The van der Waals surface area contributed by atoms with E-state index in [0.29, 0.717) is 35.4 Å². The summed E-state index contributed by atoms with van der Waals surface area (Å²) in [5, 5.41) is 3.60. The standard InChI is InChI=1S/C33H31BrN4O2/c1-4-30(37(21-24-12-6-5-7-13-24)33(40)36-29-17-11-9-15-27(29)34)31-35-28-16-10-8-14-26(28)32(39)38(31)25-19-18-22(2)23(3)20-25/h5-20,30H,4,21H2,1-3H3,(H,36,40). The molecule has 2 amide bonds. The van der Waals surface area contributed by atoms with Gasteiger partial charge in [-0.15, -0.1) is 0 Å². The van der Waals surface area contributed by atoms with Crippen LogP contribution in [0.25, 0.3) is 16.6 Å². The van der Waals surface area contributed by atoms with E-state index in [1.165, 1.54) is 0 Å². The molecule has 40 heavy (non-hydrogen) atoms. The van der Waals surface area contributed by atoms with E-state index < -0.39 is 6.04 Å². The number of rotatable bonds is 7. The van der Waals surface area contributed by atoms with Crippen LogP contribution in [-0.4, -0.2) is 20.5 Å². The number of amides is 2. The minimum absolute atomic E-state index is 0.159. The van der Waals surface area contributed by atoms with Crippen molar-refractivity contribution in [1.29, 1.82) is 0 Å². The van der Waals surface area contributed by atoms with Crippen LogP contribution in [0, 0.1) is 13.8 Å². The van der Waals surface area contributed by atoms with Crippen LogP contribution in [0.15, 0.2) is 106 Å². The van der Waals surface area contributed by atoms with E-state index in [9.17, 15) is 9.59 Å². The first-order valence-corrected chi connectivity index (χ1v) is 14.1. The summed E-state index contributed by atoms with van der Waals surface area (Å²) in [5.74, 6) is 0.521. The number of para-hydroxylation sites is 2. The van der Waals surface area contributed by atoms with E-state index in [4.69, 9.17) is 4.98 Å². The quantitative estimate of drug-likeness (QED) is 0.208. The number of fused-ring (bicyclic) bond motifs is 1. The number of aryl methyl sites for hydroxylation is 2. The average molecular weight is 596 g/mol. The molecule has 1 aromatic heterocycles. The second-order valence-corrected chi connectivity index (χ2v) is 10.7. The smallest absolute Gasteiger partial charge is 0.310 e. The molecule has 6 nitrogen and oxygen atoms in total. The van der Waals surface area contributed by atoms with E-state index >= 15 is 0 Å². The molecule has 7 heteroatoms. The summed E-state index contributed by atoms with van der Waals surface area (Å²) in [6.45, 7) is 6.43. The first-order valence-electron chi connectivity index (χ1n) is 13.3. The number of urea groups is 1. The van der Waals surface area contributed by atoms with Crippen molar-refractivity contribution in [3.05, 3.63) is 134 Å². The molecule has 1 atom stereocenters. The van der Waals surface area contributed by atoms with Crippen molar-refractivity contribution in [2.45, 2.75) is 39.8 Å². The highest BCUT2D eigenvalue weighted by molar-refractivity contribution is 9.10. The van der Waals surface area contributed by atoms with Crippen molar-refractivity contribution < 1.29 is 4.79 Å². The van der Waals surface area contributed by atoms with E-state index in [0.717, 1.165) is 26.9 Å². The van der Waals surface area contributed by atoms with Crippen LogP contribution in [0.2, 0.25) is 0 Å². The Morgan fingerprint density at radius 3 is 2.35 bits per heavy atom. The van der Waals surface area contributed by atoms with Gasteiger partial charge in [0.05, 0.1) is 28.3 Å². The number of nitrogens with zero attached hydrogens (tertiary/aromatic N) is 3. The van der Waals surface area contributed by atoms with Gasteiger partial charge in [0.2, 0.25) is 0 Å². The first kappa shape index (κ1) is 27.3. The van der Waals surface area contributed by atoms with E-state index in [2.05, 4.69) is 21.2 Å². The van der Waals surface area contributed by atoms with Gasteiger partial charge in [0.25, 0.3) is 5.56 Å². The molecule has 4 aromatic carbocycles. The minimum atomic E-state index is -0.499. The van der Waals surface area contributed by atoms with Gasteiger partial charge in [0.15, 0.2) is 0 Å². The third kappa shape index (κ3) is 5.56. The van der Waals surface area contributed by atoms with Crippen molar-refractivity contribution >= 4 is 38.6 Å². The Morgan fingerprint density at radius 1 is 0.925 bits per heavy atom. The van der Waals surface area contributed by atoms with Gasteiger partial charge in [0.1, 0.15) is 5.82 Å². The zero-order valence-electron chi connectivity index (χ0n) is 22.8. The zero-order valence-corrected chi connectivity index (χ0v) is 24.4. The number of benzene rings is 4. The fraction of sp³-hybridized carbons (Fsp3) is 0.182. The number of carbonyl (C=O) groups excluding carboxylic acids is 1. The van der Waals surface area contributed by atoms with Crippen molar-refractivity contribution in [3.63, 3.8) is 0 Å². The zero-order chi connectivity index (χ0) is 28.2. The molecule has 1 unspecified atom stereocenters. The van der Waals surface area contributed by atoms with Gasteiger partial charge in [-0.25, -0.2) is 9.78 Å². The lowest BCUT2D eigenvalue weighted by Crippen LogP contribution is -2.40. The topological polar surface area (TPSA) is 67.2 Å². The highest BCUT2D eigenvalue weighted by Gasteiger charge is 2.30. The molecule has 0 aliphatic heterocycles. The van der Waals surface area contributed by atoms with E-state index in [1.807, 2.05) is 112 Å². The molecule has 1 N–H and O–H groups in total. The van der Waals surface area contributed by atoms with Gasteiger partial charge in [-0.2, -0.15) is 0 Å². The maximum atomic E-state index is 14.1. The van der Waals surface area contributed by atoms with Crippen LogP contribution in [0.3, 0.4) is 0 Å². The van der Waals surface area contributed by atoms with Gasteiger partial charge in [-0.05, 0) is 89.3 Å². The fourth-order valence-corrected chi connectivity index (χ4v) is 5.27. The second-order valence-electron chi connectivity index (χ2n) is 9.84. The summed E-state index contributed by atoms with van der Waals surface area (Å²) in [6, 6.07) is 29.9. The Hall–Kier alpha value is -4.23. The van der Waals surface area contributed by atoms with Crippen LogP contribution in [0.5, 0.6) is 0 Å². The molecule has 5 aromatic rings. The third-order valence-electron chi connectivity index (χ3n) is 7.18. The van der Waals surface area contributed by atoms with Gasteiger partial charge in [-0.1, -0.05) is 67.6 Å². The molecule has 0 saturated heterocycles. The monoisotopic (exact) mass is 594 g/mol. The molecule has 0 saturated carbocycles. The van der Waals surface area contributed by atoms with Crippen LogP contribution in [0.1, 0.15) is 41.9 Å². The molecule has 202 valence electrons. The summed E-state index contributed by atoms with van der Waals surface area (Å²) in [7, 11) is 0. The normalized spacial score (nSPS) is 11.8. The molecule has 5 rings (SSSR count). The van der Waals surface area contributed by atoms with Crippen LogP contribution in [-0.2, 0) is 6.54 Å². The van der Waals surface area contributed by atoms with Crippen LogP contribution >= 0.6 is 15.9 Å². The number of halogens is 1. The van der Waals surface area contributed by atoms with Gasteiger partial charge in [-0.3, -0.25) is 9.36 Å². The summed E-state index contributed by atoms with van der Waals surface area (Å²) in [5.41, 5.74) is 5.02. The lowest BCUT2D eigenvalue weighted by Gasteiger charge is -2.32. The molecule has 0 bridgehead atoms. The summed E-state index contributed by atoms with van der Waals surface area (Å²) >= 11 is 3.54. The molecular weight excluding hydrogens is 564 g/mol. The predicted molar refractivity (Wildman–Crippen MR) is 165 cm³/mol. The van der Waals surface area contributed by atoms with Crippen molar-refractivity contribution in [3.8, 4) is 5.69 Å². The molecule has 0 aliphatic rings. The van der Waals surface area contributed by atoms with Crippen molar-refractivity contribution in [1.82, 2.24) is 14.5 Å². The highest BCUT2D eigenvalue weighted by atomic mass is 79.9. The van der Waals surface area contributed by atoms with Crippen LogP contribution in [0.4, 0.5) is 10.5 Å². The predicted octanol–water partition coefficient (Wildman–Crippen LogP) is 7.95. The Kier molecular flexibility index (Phi) is 8.12. The third-order valence-corrected chi connectivity index (χ3v) is 7.87. The minimum Gasteiger partial charge on any atom is -0.310 e. The lowest BCUT2D eigenvalue weighted by molar-refractivity contribution is 0.177. The molecule has 0 spiro atoms. The first-order chi connectivity index (χ1) is 19.4. The van der Waals surface area contributed by atoms with E-state index in [1.54, 1.807) is 15.5 Å². The van der Waals surface area contributed by atoms with Crippen molar-refractivity contribution in [2.75, 3.05) is 5.32 Å². The lowest BCUT2D eigenvalue weighted by atomic mass is 10.1. The largest absolute Gasteiger partial charge is 0.322 e. The van der Waals surface area contributed by atoms with Gasteiger partial charge >= 0.3 is 6.03 Å². The van der Waals surface area contributed by atoms with Crippen LogP contribution < -0.4 is 10.9 Å². The number of hydrogen-bond acceptors (Lipinski definition) is 3. The summed E-state index contributed by atoms with van der Waals surface area (Å²) in [6.07, 6.45) is 0.547. The number of aromatic nitrogens is 2. The SMILES string of the molecule is CCC(c1nc2ccccc2c(=O)n1-c1ccc(C)c(C)c1)N(Cc1ccccc1)C(=O)Nc1ccccc1Br. The second kappa shape index (κ2) is 11.9. The molecule has 1 heterocycles. The highest BCUT2D eigenvalue weighted by Crippen LogP contribution is 2.30. The Labute approximate surface area is 242 Å². The molecule has 0 radical (unpaired) electrons. The number of hydrogen-bond donors (Lipinski definition) is 1. The number of nitrogens with one attached hydrogen (secondary N) is 1. The molecule has 0 fully saturated rings. The molecule has 0 aliphatic carbocycles. The average Bonchev–Trinajstić information content (AvgIpc) is 2.96. The fourth-order valence-electron chi connectivity index (χ4n) is 4.88. The Morgan fingerprint density at radius 2 is 1.62 bits per heavy atom. The Bertz CT molecular complexity index is 1730. The maximum absolute atomic E-state index is 14.1. The van der Waals surface area contributed by atoms with Crippen molar-refractivity contribution in [2.24, 2.45) is 0 Å². The summed E-state index contributed by atoms with van der Waals surface area (Å²) in [4.78, 5) is 34.9. The Balaban J connectivity index is 1.70. The number of carbonyl (C=O) groups is 1. The van der Waals surface area contributed by atoms with Gasteiger partial charge in [0, 0.05) is 11.0 Å². The van der Waals surface area contributed by atoms with Gasteiger partial charge < -0.3 is 10.2 Å². The number of anilines is 1. The van der Waals surface area contributed by atoms with E-state index in [-0.39, 0.29) is 11.6 Å². The maximum Gasteiger partial charge on any atom is 0.322 e. The summed E-state index contributed by atoms with van der Waals surface area (Å²) < 4.78 is 2.46.